The molecule has 0 spiro atoms. The highest BCUT2D eigenvalue weighted by Crippen LogP contribution is 2.31. The van der Waals surface area contributed by atoms with E-state index in [0.717, 1.165) is 26.2 Å². The molecule has 0 aliphatic carbocycles. The fourth-order valence-electron chi connectivity index (χ4n) is 5.08. The molecule has 0 radical (unpaired) electrons. The molecule has 1 aliphatic heterocycles. The van der Waals surface area contributed by atoms with Crippen LogP contribution in [0.25, 0.3) is 21.8 Å². The molecule has 0 amide bonds. The van der Waals surface area contributed by atoms with Crippen LogP contribution < -0.4 is 9.80 Å². The van der Waals surface area contributed by atoms with Gasteiger partial charge in [-0.25, -0.2) is 0 Å². The Morgan fingerprint density at radius 2 is 1.34 bits per heavy atom. The van der Waals surface area contributed by atoms with Crippen LogP contribution in [0.1, 0.15) is 5.56 Å². The van der Waals surface area contributed by atoms with E-state index in [9.17, 15) is 5.11 Å². The molecule has 2 heterocycles. The van der Waals surface area contributed by atoms with E-state index in [4.69, 9.17) is 0 Å². The van der Waals surface area contributed by atoms with Crippen molar-refractivity contribution in [3.8, 4) is 0 Å². The molecule has 3 aromatic carbocycles. The number of piperazine rings is 1. The first-order valence-electron chi connectivity index (χ1n) is 11.3. The number of nitrogens with zero attached hydrogens (tertiary/aromatic N) is 1. The minimum Gasteiger partial charge on any atom is -0.385 e. The van der Waals surface area contributed by atoms with Crippen molar-refractivity contribution >= 4 is 67.0 Å². The van der Waals surface area contributed by atoms with Crippen LogP contribution in [0, 0.1) is 7.14 Å². The van der Waals surface area contributed by atoms with Gasteiger partial charge in [0.1, 0.15) is 45.4 Å². The number of aromatic nitrogens is 1. The van der Waals surface area contributed by atoms with Crippen molar-refractivity contribution in [2.24, 2.45) is 0 Å². The van der Waals surface area contributed by atoms with Crippen molar-refractivity contribution in [1.29, 1.82) is 0 Å². The van der Waals surface area contributed by atoms with E-state index in [0.29, 0.717) is 6.54 Å². The van der Waals surface area contributed by atoms with E-state index in [-0.39, 0.29) is 6.10 Å². The van der Waals surface area contributed by atoms with Crippen LogP contribution in [0.2, 0.25) is 0 Å². The predicted octanol–water partition coefficient (Wildman–Crippen LogP) is 2.35. The topological polar surface area (TPSA) is 34.0 Å². The molecule has 0 unspecified atom stereocenters. The fraction of sp³-hybridized carbons (Fsp3) is 0.308. The fourth-order valence-corrected chi connectivity index (χ4v) is 6.06. The summed E-state index contributed by atoms with van der Waals surface area (Å²) in [4.78, 5) is 3.18. The van der Waals surface area contributed by atoms with Gasteiger partial charge in [0.2, 0.25) is 0 Å². The van der Waals surface area contributed by atoms with Gasteiger partial charge in [-0.05, 0) is 81.6 Å². The van der Waals surface area contributed by atoms with Crippen LogP contribution in [0.5, 0.6) is 0 Å². The SMILES string of the molecule is O[C@@H](Cn1c2ccc(I)cc2c2cc(I)ccc21)C[NH+]1CC[NH+](Cc2ccccc2)CC1. The first-order valence-corrected chi connectivity index (χ1v) is 13.5. The Hall–Kier alpha value is -1.20. The summed E-state index contributed by atoms with van der Waals surface area (Å²) in [7, 11) is 0. The number of aliphatic hydroxyl groups excluding tert-OH is 1. The van der Waals surface area contributed by atoms with E-state index in [1.54, 1.807) is 4.90 Å². The van der Waals surface area contributed by atoms with Gasteiger partial charge in [0.25, 0.3) is 0 Å². The molecule has 1 aromatic heterocycles. The lowest BCUT2D eigenvalue weighted by atomic mass is 10.2. The monoisotopic (exact) mass is 653 g/mol. The summed E-state index contributed by atoms with van der Waals surface area (Å²) < 4.78 is 4.81. The number of rotatable bonds is 6. The summed E-state index contributed by atoms with van der Waals surface area (Å²) in [5.74, 6) is 0. The summed E-state index contributed by atoms with van der Waals surface area (Å²) in [5, 5.41) is 13.6. The van der Waals surface area contributed by atoms with Gasteiger partial charge in [-0.15, -0.1) is 0 Å². The van der Waals surface area contributed by atoms with Crippen molar-refractivity contribution in [2.75, 3.05) is 32.7 Å². The van der Waals surface area contributed by atoms with E-state index < -0.39 is 0 Å². The summed E-state index contributed by atoms with van der Waals surface area (Å²) >= 11 is 4.77. The van der Waals surface area contributed by atoms with Gasteiger partial charge in [-0.1, -0.05) is 30.3 Å². The highest BCUT2D eigenvalue weighted by Gasteiger charge is 2.25. The summed E-state index contributed by atoms with van der Waals surface area (Å²) in [6.07, 6.45) is -0.349. The third kappa shape index (κ3) is 4.99. The molecule has 1 aliphatic rings. The number of aliphatic hydroxyl groups is 1. The van der Waals surface area contributed by atoms with E-state index in [2.05, 4.69) is 116 Å². The second-order valence-electron chi connectivity index (χ2n) is 8.95. The van der Waals surface area contributed by atoms with Gasteiger partial charge in [0.05, 0.1) is 6.54 Å². The van der Waals surface area contributed by atoms with Crippen LogP contribution in [0.15, 0.2) is 66.7 Å². The summed E-state index contributed by atoms with van der Waals surface area (Å²) in [6.45, 7) is 7.16. The van der Waals surface area contributed by atoms with Crippen LogP contribution in [0.4, 0.5) is 0 Å². The molecule has 1 atom stereocenters. The molecular weight excluding hydrogens is 624 g/mol. The molecule has 166 valence electrons. The Kier molecular flexibility index (Phi) is 7.03. The van der Waals surface area contributed by atoms with Gasteiger partial charge in [0, 0.05) is 34.5 Å². The van der Waals surface area contributed by atoms with Gasteiger partial charge in [0.15, 0.2) is 0 Å². The van der Waals surface area contributed by atoms with E-state index in [1.165, 1.54) is 52.5 Å². The quantitative estimate of drug-likeness (QED) is 0.275. The van der Waals surface area contributed by atoms with Crippen molar-refractivity contribution in [1.82, 2.24) is 4.57 Å². The number of nitrogens with one attached hydrogen (secondary N) is 2. The molecule has 6 heteroatoms. The number of benzene rings is 3. The van der Waals surface area contributed by atoms with E-state index >= 15 is 0 Å². The molecule has 0 saturated carbocycles. The normalized spacial score (nSPS) is 20.1. The van der Waals surface area contributed by atoms with Crippen molar-refractivity contribution < 1.29 is 14.9 Å². The van der Waals surface area contributed by atoms with Gasteiger partial charge < -0.3 is 19.5 Å². The average Bonchev–Trinajstić information content (AvgIpc) is 3.08. The van der Waals surface area contributed by atoms with Crippen molar-refractivity contribution in [3.63, 3.8) is 0 Å². The Balaban J connectivity index is 1.26. The Morgan fingerprint density at radius 3 is 1.94 bits per heavy atom. The lowest BCUT2D eigenvalue weighted by Gasteiger charge is -2.31. The predicted molar refractivity (Wildman–Crippen MR) is 147 cm³/mol. The minimum atomic E-state index is -0.349. The zero-order valence-electron chi connectivity index (χ0n) is 18.0. The van der Waals surface area contributed by atoms with Gasteiger partial charge in [-0.2, -0.15) is 0 Å². The standard InChI is InChI=1S/C26H27I2N3O/c27-20-6-8-25-23(14-20)24-15-21(28)7-9-26(24)31(25)18-22(32)17-30-12-10-29(11-13-30)16-19-4-2-1-3-5-19/h1-9,14-15,22,32H,10-13,16-18H2/p+2/t22-/m1/s1. The first-order chi connectivity index (χ1) is 15.6. The van der Waals surface area contributed by atoms with E-state index in [1.807, 2.05) is 0 Å². The maximum Gasteiger partial charge on any atom is 0.127 e. The lowest BCUT2D eigenvalue weighted by Crippen LogP contribution is -3.28. The summed E-state index contributed by atoms with van der Waals surface area (Å²) in [6, 6.07) is 24.0. The third-order valence-corrected chi connectivity index (χ3v) is 8.01. The zero-order valence-corrected chi connectivity index (χ0v) is 22.3. The molecular formula is C26H29I2N3O+2. The van der Waals surface area contributed by atoms with Crippen LogP contribution in [-0.4, -0.2) is 48.5 Å². The second kappa shape index (κ2) is 9.97. The van der Waals surface area contributed by atoms with Crippen LogP contribution in [0.3, 0.4) is 0 Å². The molecule has 0 bridgehead atoms. The van der Waals surface area contributed by atoms with Gasteiger partial charge >= 0.3 is 0 Å². The molecule has 4 nitrogen and oxygen atoms in total. The number of hydrogen-bond donors (Lipinski definition) is 3. The molecule has 4 aromatic rings. The molecule has 32 heavy (non-hydrogen) atoms. The number of hydrogen-bond acceptors (Lipinski definition) is 1. The lowest BCUT2D eigenvalue weighted by molar-refractivity contribution is -1.02. The molecule has 5 rings (SSSR count). The first kappa shape index (κ1) is 22.6. The molecule has 1 saturated heterocycles. The van der Waals surface area contributed by atoms with Crippen molar-refractivity contribution in [2.45, 2.75) is 19.2 Å². The highest BCUT2D eigenvalue weighted by molar-refractivity contribution is 14.1. The highest BCUT2D eigenvalue weighted by atomic mass is 127. The molecule has 1 fully saturated rings. The minimum absolute atomic E-state index is 0.349. The number of halogens is 2. The van der Waals surface area contributed by atoms with Crippen LogP contribution >= 0.6 is 45.2 Å². The zero-order chi connectivity index (χ0) is 22.1. The third-order valence-electron chi connectivity index (χ3n) is 6.67. The number of quaternary nitrogens is 2. The van der Waals surface area contributed by atoms with Gasteiger partial charge in [-0.3, -0.25) is 0 Å². The summed E-state index contributed by atoms with van der Waals surface area (Å²) in [5.41, 5.74) is 3.85. The second-order valence-corrected chi connectivity index (χ2v) is 11.4. The smallest absolute Gasteiger partial charge is 0.127 e. The Morgan fingerprint density at radius 1 is 0.781 bits per heavy atom. The average molecular weight is 653 g/mol. The maximum absolute atomic E-state index is 11.1. The van der Waals surface area contributed by atoms with Crippen LogP contribution in [-0.2, 0) is 13.1 Å². The largest absolute Gasteiger partial charge is 0.385 e. The molecule has 3 N–H and O–H groups in total. The Bertz CT molecular complexity index is 1160. The maximum atomic E-state index is 11.1. The number of fused-ring (bicyclic) bond motifs is 3. The van der Waals surface area contributed by atoms with Crippen molar-refractivity contribution in [3.05, 3.63) is 79.4 Å². The Labute approximate surface area is 216 Å².